The number of hydrogen-bond acceptors (Lipinski definition) is 6. The van der Waals surface area contributed by atoms with Gasteiger partial charge in [0.2, 0.25) is 0 Å². The number of H-pyrrole nitrogens is 1. The van der Waals surface area contributed by atoms with E-state index in [9.17, 15) is 14.0 Å². The van der Waals surface area contributed by atoms with Gasteiger partial charge in [-0.1, -0.05) is 18.9 Å². The van der Waals surface area contributed by atoms with Gasteiger partial charge in [-0.25, -0.2) is 9.49 Å². The molecule has 1 saturated carbocycles. The zero-order valence-corrected chi connectivity index (χ0v) is 19.2. The van der Waals surface area contributed by atoms with Crippen LogP contribution in [-0.2, 0) is 6.54 Å². The van der Waals surface area contributed by atoms with Crippen LogP contribution in [0.4, 0.5) is 10.2 Å². The second kappa shape index (κ2) is 9.21. The molecule has 0 atom stereocenters. The summed E-state index contributed by atoms with van der Waals surface area (Å²) in [5, 5.41) is 9.81. The predicted molar refractivity (Wildman–Crippen MR) is 130 cm³/mol. The van der Waals surface area contributed by atoms with E-state index in [1.165, 1.54) is 19.2 Å². The van der Waals surface area contributed by atoms with Crippen molar-refractivity contribution in [3.63, 3.8) is 0 Å². The lowest BCUT2D eigenvalue weighted by Gasteiger charge is -2.12. The number of rotatable bonds is 6. The van der Waals surface area contributed by atoms with Crippen LogP contribution in [0.5, 0.6) is 5.75 Å². The molecule has 4 N–H and O–H groups in total. The van der Waals surface area contributed by atoms with Crippen LogP contribution in [0.25, 0.3) is 22.0 Å². The average molecular weight is 477 g/mol. The Labute approximate surface area is 200 Å². The summed E-state index contributed by atoms with van der Waals surface area (Å²) in [6, 6.07) is 7.67. The van der Waals surface area contributed by atoms with E-state index in [1.807, 2.05) is 16.8 Å². The van der Waals surface area contributed by atoms with Gasteiger partial charge >= 0.3 is 0 Å². The van der Waals surface area contributed by atoms with E-state index < -0.39 is 11.7 Å². The van der Waals surface area contributed by atoms with Crippen molar-refractivity contribution in [1.29, 1.82) is 0 Å². The standard InChI is InChI=1S/C25H25FN6O3/c1-35-20-9-7-15(26)10-18(20)24(33)29-12-16-8-6-14(11-28-16)19-13-32(17-4-2-3-5-17)22-21(19)23(27)30-31-25(22)34/h6-11,13,17H,2-5,12H2,1H3,(H2,27,30)(H,29,33)(H,31,34). The minimum atomic E-state index is -0.525. The zero-order chi connectivity index (χ0) is 24.5. The van der Waals surface area contributed by atoms with Crippen molar-refractivity contribution >= 4 is 22.6 Å². The molecule has 0 bridgehead atoms. The Morgan fingerprint density at radius 3 is 2.80 bits per heavy atom. The molecule has 1 amide bonds. The molecule has 0 saturated heterocycles. The van der Waals surface area contributed by atoms with Gasteiger partial charge in [-0.2, -0.15) is 5.10 Å². The van der Waals surface area contributed by atoms with Crippen LogP contribution in [0.1, 0.15) is 47.8 Å². The third-order valence-electron chi connectivity index (χ3n) is 6.47. The number of nitrogens with zero attached hydrogens (tertiary/aromatic N) is 3. The molecule has 180 valence electrons. The molecule has 0 radical (unpaired) electrons. The summed E-state index contributed by atoms with van der Waals surface area (Å²) in [5.41, 5.74) is 8.73. The van der Waals surface area contributed by atoms with Crippen LogP contribution < -0.4 is 21.3 Å². The monoisotopic (exact) mass is 476 g/mol. The van der Waals surface area contributed by atoms with Gasteiger partial charge in [-0.3, -0.25) is 14.6 Å². The fourth-order valence-corrected chi connectivity index (χ4v) is 4.74. The number of carbonyl (C=O) groups excluding carboxylic acids is 1. The summed E-state index contributed by atoms with van der Waals surface area (Å²) in [6.45, 7) is 0.145. The number of nitrogens with two attached hydrogens (primary N) is 1. The molecule has 5 rings (SSSR count). The lowest BCUT2D eigenvalue weighted by molar-refractivity contribution is 0.0947. The van der Waals surface area contributed by atoms with Gasteiger partial charge in [-0.05, 0) is 37.1 Å². The van der Waals surface area contributed by atoms with E-state index in [4.69, 9.17) is 10.5 Å². The van der Waals surface area contributed by atoms with E-state index in [-0.39, 0.29) is 35.3 Å². The number of benzene rings is 1. The number of methoxy groups -OCH3 is 1. The van der Waals surface area contributed by atoms with Crippen LogP contribution in [0, 0.1) is 5.82 Å². The highest BCUT2D eigenvalue weighted by atomic mass is 19.1. The molecule has 0 aliphatic heterocycles. The highest BCUT2D eigenvalue weighted by Gasteiger charge is 2.24. The smallest absolute Gasteiger partial charge is 0.288 e. The number of amides is 1. The van der Waals surface area contributed by atoms with Gasteiger partial charge < -0.3 is 20.4 Å². The minimum absolute atomic E-state index is 0.108. The molecule has 1 aromatic carbocycles. The first-order chi connectivity index (χ1) is 17.0. The minimum Gasteiger partial charge on any atom is -0.496 e. The number of aromatic nitrogens is 4. The number of ether oxygens (including phenoxy) is 1. The van der Waals surface area contributed by atoms with Crippen LogP contribution in [0.3, 0.4) is 0 Å². The second-order valence-corrected chi connectivity index (χ2v) is 8.62. The van der Waals surface area contributed by atoms with Gasteiger partial charge in [0.05, 0.1) is 30.3 Å². The number of anilines is 1. The highest BCUT2D eigenvalue weighted by molar-refractivity contribution is 6.02. The number of hydrogen-bond donors (Lipinski definition) is 3. The number of pyridine rings is 1. The average Bonchev–Trinajstić information content (AvgIpc) is 3.54. The van der Waals surface area contributed by atoms with Crippen molar-refractivity contribution in [2.24, 2.45) is 0 Å². The topological polar surface area (TPSA) is 128 Å². The van der Waals surface area contributed by atoms with E-state index in [0.29, 0.717) is 16.6 Å². The molecule has 1 aliphatic carbocycles. The summed E-state index contributed by atoms with van der Waals surface area (Å²) < 4.78 is 20.8. The summed E-state index contributed by atoms with van der Waals surface area (Å²) >= 11 is 0. The predicted octanol–water partition coefficient (Wildman–Crippen LogP) is 3.56. The van der Waals surface area contributed by atoms with Crippen LogP contribution >= 0.6 is 0 Å². The molecule has 10 heteroatoms. The molecule has 35 heavy (non-hydrogen) atoms. The fraction of sp³-hybridized carbons (Fsp3) is 0.280. The number of halogens is 1. The molecular weight excluding hydrogens is 451 g/mol. The number of aromatic amines is 1. The Bertz CT molecular complexity index is 1450. The van der Waals surface area contributed by atoms with Crippen LogP contribution in [0.2, 0.25) is 0 Å². The van der Waals surface area contributed by atoms with Gasteiger partial charge in [0.25, 0.3) is 11.5 Å². The van der Waals surface area contributed by atoms with E-state index in [1.54, 1.807) is 12.3 Å². The SMILES string of the molecule is COc1ccc(F)cc1C(=O)NCc1ccc(-c2cn(C3CCCC3)c3c(=O)[nH]nc(N)c23)cn1. The van der Waals surface area contributed by atoms with Crippen molar-refractivity contribution in [3.8, 4) is 16.9 Å². The molecule has 3 aromatic heterocycles. The zero-order valence-electron chi connectivity index (χ0n) is 19.2. The lowest BCUT2D eigenvalue weighted by Crippen LogP contribution is -2.24. The third kappa shape index (κ3) is 4.23. The third-order valence-corrected chi connectivity index (χ3v) is 6.47. The molecule has 1 aliphatic rings. The first kappa shape index (κ1) is 22.6. The highest BCUT2D eigenvalue weighted by Crippen LogP contribution is 2.37. The Kier molecular flexibility index (Phi) is 5.94. The molecule has 1 fully saturated rings. The van der Waals surface area contributed by atoms with Crippen molar-refractivity contribution < 1.29 is 13.9 Å². The Hall–Kier alpha value is -4.21. The van der Waals surface area contributed by atoms with Crippen molar-refractivity contribution in [2.45, 2.75) is 38.3 Å². The maximum Gasteiger partial charge on any atom is 0.288 e. The summed E-state index contributed by atoms with van der Waals surface area (Å²) in [5.74, 6) is -0.452. The molecule has 4 aromatic rings. The summed E-state index contributed by atoms with van der Waals surface area (Å²) in [7, 11) is 1.42. The number of carbonyl (C=O) groups is 1. The maximum atomic E-state index is 13.6. The molecule has 3 heterocycles. The van der Waals surface area contributed by atoms with Gasteiger partial charge in [-0.15, -0.1) is 0 Å². The normalized spacial score (nSPS) is 13.9. The summed E-state index contributed by atoms with van der Waals surface area (Å²) in [6.07, 6.45) is 7.92. The second-order valence-electron chi connectivity index (χ2n) is 8.62. The lowest BCUT2D eigenvalue weighted by atomic mass is 10.1. The van der Waals surface area contributed by atoms with Crippen molar-refractivity contribution in [1.82, 2.24) is 25.1 Å². The molecule has 0 unspecified atom stereocenters. The van der Waals surface area contributed by atoms with E-state index >= 15 is 0 Å². The molecule has 0 spiro atoms. The molecular formula is C25H25FN6O3. The number of fused-ring (bicyclic) bond motifs is 1. The van der Waals surface area contributed by atoms with Crippen molar-refractivity contribution in [2.75, 3.05) is 12.8 Å². The number of nitrogen functional groups attached to an aromatic ring is 1. The van der Waals surface area contributed by atoms with Gasteiger partial charge in [0, 0.05) is 29.6 Å². The van der Waals surface area contributed by atoms with Crippen LogP contribution in [-0.4, -0.2) is 32.8 Å². The fourth-order valence-electron chi connectivity index (χ4n) is 4.74. The van der Waals surface area contributed by atoms with Crippen molar-refractivity contribution in [3.05, 3.63) is 70.2 Å². The Morgan fingerprint density at radius 1 is 1.29 bits per heavy atom. The quantitative estimate of drug-likeness (QED) is 0.390. The van der Waals surface area contributed by atoms with Gasteiger partial charge in [0.1, 0.15) is 17.1 Å². The Balaban J connectivity index is 1.41. The van der Waals surface area contributed by atoms with E-state index in [0.717, 1.165) is 42.9 Å². The Morgan fingerprint density at radius 2 is 2.09 bits per heavy atom. The molecule has 9 nitrogen and oxygen atoms in total. The largest absolute Gasteiger partial charge is 0.496 e. The van der Waals surface area contributed by atoms with Crippen LogP contribution in [0.15, 0.2) is 47.5 Å². The van der Waals surface area contributed by atoms with Gasteiger partial charge in [0.15, 0.2) is 5.82 Å². The van der Waals surface area contributed by atoms with E-state index in [2.05, 4.69) is 20.5 Å². The first-order valence-corrected chi connectivity index (χ1v) is 11.4. The maximum absolute atomic E-state index is 13.6. The number of nitrogens with one attached hydrogen (secondary N) is 2. The first-order valence-electron chi connectivity index (χ1n) is 11.4. The summed E-state index contributed by atoms with van der Waals surface area (Å²) in [4.78, 5) is 29.7.